The first kappa shape index (κ1) is 14.2. The monoisotopic (exact) mass is 368 g/mol. The van der Waals surface area contributed by atoms with Crippen molar-refractivity contribution in [2.75, 3.05) is 24.2 Å². The second-order valence-electron chi connectivity index (χ2n) is 3.42. The lowest BCUT2D eigenvalue weighted by molar-refractivity contribution is -0.119. The maximum atomic E-state index is 11.6. The van der Waals surface area contributed by atoms with Crippen LogP contribution in [0.15, 0.2) is 24.3 Å². The number of anilines is 1. The summed E-state index contributed by atoms with van der Waals surface area (Å²) in [5.41, 5.74) is 0.483. The van der Waals surface area contributed by atoms with Gasteiger partial charge in [-0.15, -0.1) is 0 Å². The summed E-state index contributed by atoms with van der Waals surface area (Å²) in [5, 5.41) is 2.40. The molecule has 0 atom stereocenters. The molecule has 0 unspecified atom stereocenters. The van der Waals surface area contributed by atoms with E-state index in [1.165, 1.54) is 7.05 Å². The van der Waals surface area contributed by atoms with E-state index in [4.69, 9.17) is 0 Å². The van der Waals surface area contributed by atoms with Gasteiger partial charge in [0, 0.05) is 10.6 Å². The quantitative estimate of drug-likeness (QED) is 0.800. The van der Waals surface area contributed by atoms with Crippen LogP contribution in [0.25, 0.3) is 0 Å². The first-order valence-electron chi connectivity index (χ1n) is 4.78. The molecule has 0 radical (unpaired) electrons. The summed E-state index contributed by atoms with van der Waals surface area (Å²) in [5.74, 6) is -0.353. The second kappa shape index (κ2) is 5.67. The zero-order chi connectivity index (χ0) is 13.1. The Hall–Kier alpha value is -0.830. The van der Waals surface area contributed by atoms with E-state index >= 15 is 0 Å². The third kappa shape index (κ3) is 4.15. The lowest BCUT2D eigenvalue weighted by Gasteiger charge is -2.21. The van der Waals surface area contributed by atoms with Gasteiger partial charge < -0.3 is 5.32 Å². The Bertz CT molecular complexity index is 499. The fourth-order valence-corrected chi connectivity index (χ4v) is 2.43. The third-order valence-corrected chi connectivity index (χ3v) is 3.94. The highest BCUT2D eigenvalue weighted by Crippen LogP contribution is 2.18. The number of hydrogen-bond donors (Lipinski definition) is 1. The minimum atomic E-state index is -3.47. The molecule has 94 valence electrons. The van der Waals surface area contributed by atoms with Crippen LogP contribution >= 0.6 is 22.6 Å². The highest BCUT2D eigenvalue weighted by molar-refractivity contribution is 14.1. The molecular weight excluding hydrogens is 355 g/mol. The van der Waals surface area contributed by atoms with Crippen molar-refractivity contribution >= 4 is 44.2 Å². The predicted molar refractivity (Wildman–Crippen MR) is 75.4 cm³/mol. The van der Waals surface area contributed by atoms with Crippen LogP contribution in [0.1, 0.15) is 0 Å². The van der Waals surface area contributed by atoms with E-state index in [2.05, 4.69) is 27.9 Å². The number of benzene rings is 1. The minimum Gasteiger partial charge on any atom is -0.358 e. The maximum absolute atomic E-state index is 11.6. The molecule has 0 saturated carbocycles. The first-order valence-corrected chi connectivity index (χ1v) is 7.71. The molecule has 1 N–H and O–H groups in total. The molecule has 0 heterocycles. The number of sulfonamides is 1. The molecule has 5 nitrogen and oxygen atoms in total. The third-order valence-electron chi connectivity index (χ3n) is 2.08. The van der Waals surface area contributed by atoms with Crippen LogP contribution < -0.4 is 9.62 Å². The molecule has 1 amide bonds. The van der Waals surface area contributed by atoms with Gasteiger partial charge in [0.15, 0.2) is 0 Å². The van der Waals surface area contributed by atoms with Crippen molar-refractivity contribution < 1.29 is 13.2 Å². The molecule has 0 aliphatic rings. The molecule has 0 bridgehead atoms. The SMILES string of the molecule is CNC(=O)CN(c1ccc(I)cc1)S(C)(=O)=O. The number of halogens is 1. The average Bonchev–Trinajstić information content (AvgIpc) is 2.25. The summed E-state index contributed by atoms with van der Waals surface area (Å²) in [6.45, 7) is -0.212. The van der Waals surface area contributed by atoms with Crippen molar-refractivity contribution in [1.82, 2.24) is 5.32 Å². The van der Waals surface area contributed by atoms with Crippen LogP contribution in [0, 0.1) is 3.57 Å². The van der Waals surface area contributed by atoms with Crippen LogP contribution in [0.2, 0.25) is 0 Å². The molecule has 0 saturated heterocycles. The zero-order valence-corrected chi connectivity index (χ0v) is 12.4. The minimum absolute atomic E-state index is 0.212. The van der Waals surface area contributed by atoms with E-state index in [1.807, 2.05) is 0 Å². The summed E-state index contributed by atoms with van der Waals surface area (Å²) in [7, 11) is -2.00. The van der Waals surface area contributed by atoms with Gasteiger partial charge in [-0.3, -0.25) is 9.10 Å². The van der Waals surface area contributed by atoms with Crippen molar-refractivity contribution in [2.45, 2.75) is 0 Å². The van der Waals surface area contributed by atoms with Gasteiger partial charge in [-0.25, -0.2) is 8.42 Å². The predicted octanol–water partition coefficient (Wildman–Crippen LogP) is 0.803. The highest BCUT2D eigenvalue weighted by atomic mass is 127. The number of carbonyl (C=O) groups excluding carboxylic acids is 1. The molecule has 0 fully saturated rings. The largest absolute Gasteiger partial charge is 0.358 e. The normalized spacial score (nSPS) is 11.0. The summed E-state index contributed by atoms with van der Waals surface area (Å²) in [6.07, 6.45) is 1.08. The number of rotatable bonds is 4. The first-order chi connectivity index (χ1) is 7.84. The second-order valence-corrected chi connectivity index (χ2v) is 6.57. The van der Waals surface area contributed by atoms with Gasteiger partial charge >= 0.3 is 0 Å². The fourth-order valence-electron chi connectivity index (χ4n) is 1.22. The van der Waals surface area contributed by atoms with Gasteiger partial charge in [-0.1, -0.05) is 0 Å². The number of nitrogens with zero attached hydrogens (tertiary/aromatic N) is 1. The molecule has 7 heteroatoms. The summed E-state index contributed by atoms with van der Waals surface area (Å²) >= 11 is 2.13. The average molecular weight is 368 g/mol. The molecule has 0 aromatic heterocycles. The van der Waals surface area contributed by atoms with E-state index in [-0.39, 0.29) is 12.5 Å². The lowest BCUT2D eigenvalue weighted by atomic mass is 10.3. The Labute approximate surface area is 114 Å². The van der Waals surface area contributed by atoms with E-state index < -0.39 is 10.0 Å². The number of carbonyl (C=O) groups is 1. The van der Waals surface area contributed by atoms with E-state index in [1.54, 1.807) is 24.3 Å². The summed E-state index contributed by atoms with van der Waals surface area (Å²) in [4.78, 5) is 11.3. The Morgan fingerprint density at radius 3 is 2.29 bits per heavy atom. The van der Waals surface area contributed by atoms with Gasteiger partial charge in [0.1, 0.15) is 6.54 Å². The molecule has 0 aliphatic heterocycles. The Morgan fingerprint density at radius 2 is 1.88 bits per heavy atom. The molecule has 17 heavy (non-hydrogen) atoms. The Balaban J connectivity index is 3.07. The van der Waals surface area contributed by atoms with E-state index in [9.17, 15) is 13.2 Å². The zero-order valence-electron chi connectivity index (χ0n) is 9.47. The van der Waals surface area contributed by atoms with Crippen molar-refractivity contribution in [1.29, 1.82) is 0 Å². The summed E-state index contributed by atoms with van der Waals surface area (Å²) in [6, 6.07) is 6.92. The van der Waals surface area contributed by atoms with Crippen molar-refractivity contribution in [3.05, 3.63) is 27.8 Å². The van der Waals surface area contributed by atoms with Crippen molar-refractivity contribution in [3.8, 4) is 0 Å². The molecule has 1 aromatic rings. The van der Waals surface area contributed by atoms with Gasteiger partial charge in [-0.05, 0) is 46.9 Å². The maximum Gasteiger partial charge on any atom is 0.240 e. The van der Waals surface area contributed by atoms with E-state index in [0.29, 0.717) is 5.69 Å². The van der Waals surface area contributed by atoms with Gasteiger partial charge in [0.25, 0.3) is 0 Å². The van der Waals surface area contributed by atoms with Gasteiger partial charge in [0.2, 0.25) is 15.9 Å². The Morgan fingerprint density at radius 1 is 1.35 bits per heavy atom. The van der Waals surface area contributed by atoms with Crippen LogP contribution in [0.5, 0.6) is 0 Å². The van der Waals surface area contributed by atoms with Crippen LogP contribution in [0.4, 0.5) is 5.69 Å². The van der Waals surface area contributed by atoms with E-state index in [0.717, 1.165) is 14.1 Å². The number of likely N-dealkylation sites (N-methyl/N-ethyl adjacent to an activating group) is 1. The topological polar surface area (TPSA) is 66.5 Å². The van der Waals surface area contributed by atoms with Gasteiger partial charge in [0.05, 0.1) is 11.9 Å². The molecule has 0 aliphatic carbocycles. The van der Waals surface area contributed by atoms with Crippen LogP contribution in [0.3, 0.4) is 0 Å². The van der Waals surface area contributed by atoms with Crippen LogP contribution in [-0.4, -0.2) is 34.2 Å². The molecular formula is C10H13IN2O3S. The van der Waals surface area contributed by atoms with Crippen LogP contribution in [-0.2, 0) is 14.8 Å². The molecule has 1 rings (SSSR count). The molecule has 1 aromatic carbocycles. The highest BCUT2D eigenvalue weighted by Gasteiger charge is 2.19. The Kier molecular flexibility index (Phi) is 4.75. The number of hydrogen-bond acceptors (Lipinski definition) is 3. The lowest BCUT2D eigenvalue weighted by Crippen LogP contribution is -2.39. The van der Waals surface area contributed by atoms with Crippen molar-refractivity contribution in [2.24, 2.45) is 0 Å². The fraction of sp³-hybridized carbons (Fsp3) is 0.300. The van der Waals surface area contributed by atoms with Gasteiger partial charge in [-0.2, -0.15) is 0 Å². The van der Waals surface area contributed by atoms with Crippen molar-refractivity contribution in [3.63, 3.8) is 0 Å². The number of amides is 1. The smallest absolute Gasteiger partial charge is 0.240 e. The number of nitrogens with one attached hydrogen (secondary N) is 1. The summed E-state index contributed by atoms with van der Waals surface area (Å²) < 4.78 is 25.3. The molecule has 0 spiro atoms. The standard InChI is InChI=1S/C10H13IN2O3S/c1-12-10(14)7-13(17(2,15)16)9-5-3-8(11)4-6-9/h3-6H,7H2,1-2H3,(H,12,14).